The minimum Gasteiger partial charge on any atom is -0.329 e. The van der Waals surface area contributed by atoms with Gasteiger partial charge in [0.25, 0.3) is 5.91 Å². The van der Waals surface area contributed by atoms with Crippen LogP contribution in [0.1, 0.15) is 74.6 Å². The monoisotopic (exact) mass is 684 g/mol. The first-order chi connectivity index (χ1) is 24.3. The van der Waals surface area contributed by atoms with Crippen molar-refractivity contribution in [2.24, 2.45) is 0 Å². The molecule has 2 aromatic rings. The van der Waals surface area contributed by atoms with E-state index in [1.54, 1.807) is 67.4 Å². The summed E-state index contributed by atoms with van der Waals surface area (Å²) >= 11 is 0. The minimum absolute atomic E-state index is 0.226. The number of likely N-dealkylation sites (tertiary alicyclic amines) is 5. The quantitative estimate of drug-likeness (QED) is 0.462. The lowest BCUT2D eigenvalue weighted by Crippen LogP contribution is -2.58. The van der Waals surface area contributed by atoms with Crippen LogP contribution in [0.25, 0.3) is 0 Å². The number of carbonyl (C=O) groups is 6. The van der Waals surface area contributed by atoms with E-state index in [1.165, 1.54) is 6.20 Å². The van der Waals surface area contributed by atoms with Gasteiger partial charge in [-0.1, -0.05) is 0 Å². The second-order valence-corrected chi connectivity index (χ2v) is 13.9. The molecule has 5 aliphatic heterocycles. The Kier molecular flexibility index (Phi) is 9.77. The molecule has 5 aliphatic rings. The topological polar surface area (TPSA) is 156 Å². The molecule has 0 saturated carbocycles. The van der Waals surface area contributed by atoms with Crippen LogP contribution in [0.3, 0.4) is 0 Å². The molecule has 0 radical (unpaired) electrons. The molecular formula is C36H44N8O6. The summed E-state index contributed by atoms with van der Waals surface area (Å²) in [6, 6.07) is 3.45. The van der Waals surface area contributed by atoms with E-state index >= 15 is 0 Å². The molecule has 0 spiro atoms. The Hall–Kier alpha value is -4.88. The Labute approximate surface area is 291 Å². The maximum atomic E-state index is 14.2. The zero-order chi connectivity index (χ0) is 34.8. The molecule has 5 saturated heterocycles. The van der Waals surface area contributed by atoms with E-state index < -0.39 is 30.2 Å². The van der Waals surface area contributed by atoms with Crippen molar-refractivity contribution in [3.05, 3.63) is 54.6 Å². The maximum Gasteiger partial charge on any atom is 0.256 e. The molecule has 7 heterocycles. The van der Waals surface area contributed by atoms with Gasteiger partial charge in [-0.25, -0.2) is 0 Å². The molecular weight excluding hydrogens is 640 g/mol. The van der Waals surface area contributed by atoms with E-state index in [2.05, 4.69) is 15.3 Å². The first-order valence-corrected chi connectivity index (χ1v) is 18.0. The Balaban J connectivity index is 1.01. The van der Waals surface area contributed by atoms with Crippen molar-refractivity contribution in [2.75, 3.05) is 38.0 Å². The smallest absolute Gasteiger partial charge is 0.256 e. The molecule has 0 bridgehead atoms. The molecule has 7 rings (SSSR count). The molecule has 5 fully saturated rings. The zero-order valence-electron chi connectivity index (χ0n) is 28.2. The van der Waals surface area contributed by atoms with Gasteiger partial charge < -0.3 is 29.8 Å². The van der Waals surface area contributed by atoms with Crippen molar-refractivity contribution in [3.63, 3.8) is 0 Å². The number of nitrogens with one attached hydrogen (secondary N) is 1. The second kappa shape index (κ2) is 14.5. The van der Waals surface area contributed by atoms with Crippen LogP contribution < -0.4 is 5.32 Å². The van der Waals surface area contributed by atoms with Gasteiger partial charge in [0.2, 0.25) is 29.5 Å². The van der Waals surface area contributed by atoms with E-state index in [9.17, 15) is 28.8 Å². The van der Waals surface area contributed by atoms with Gasteiger partial charge in [-0.05, 0) is 88.5 Å². The maximum absolute atomic E-state index is 14.2. The molecule has 1 N–H and O–H groups in total. The zero-order valence-corrected chi connectivity index (χ0v) is 28.2. The highest BCUT2D eigenvalue weighted by molar-refractivity contribution is 6.01. The van der Waals surface area contributed by atoms with E-state index in [4.69, 9.17) is 0 Å². The molecule has 6 amide bonds. The summed E-state index contributed by atoms with van der Waals surface area (Å²) in [6.07, 6.45) is 12.2. The van der Waals surface area contributed by atoms with Crippen molar-refractivity contribution in [1.82, 2.24) is 34.5 Å². The van der Waals surface area contributed by atoms with Crippen LogP contribution in [0, 0.1) is 0 Å². The summed E-state index contributed by atoms with van der Waals surface area (Å²) in [7, 11) is 0. The summed E-state index contributed by atoms with van der Waals surface area (Å²) in [5, 5.41) is 2.86. The largest absolute Gasteiger partial charge is 0.329 e. The summed E-state index contributed by atoms with van der Waals surface area (Å²) in [5.41, 5.74) is 0.980. The first-order valence-electron chi connectivity index (χ1n) is 18.0. The molecule has 0 aliphatic carbocycles. The van der Waals surface area contributed by atoms with Crippen molar-refractivity contribution in [1.29, 1.82) is 0 Å². The third kappa shape index (κ3) is 6.42. The summed E-state index contributed by atoms with van der Waals surface area (Å²) in [5.74, 6) is -1.47. The van der Waals surface area contributed by atoms with Gasteiger partial charge in [0.05, 0.1) is 17.4 Å². The van der Waals surface area contributed by atoms with Crippen molar-refractivity contribution in [3.8, 4) is 0 Å². The minimum atomic E-state index is -0.716. The second-order valence-electron chi connectivity index (χ2n) is 13.9. The van der Waals surface area contributed by atoms with Crippen molar-refractivity contribution in [2.45, 2.75) is 94.4 Å². The molecule has 264 valence electrons. The molecule has 2 aromatic heterocycles. The Morgan fingerprint density at radius 1 is 0.520 bits per heavy atom. The van der Waals surface area contributed by atoms with Gasteiger partial charge in [-0.15, -0.1) is 0 Å². The van der Waals surface area contributed by atoms with Crippen LogP contribution >= 0.6 is 0 Å². The number of aromatic nitrogens is 2. The van der Waals surface area contributed by atoms with Crippen LogP contribution in [0.15, 0.2) is 49.1 Å². The average molecular weight is 685 g/mol. The molecule has 0 aromatic carbocycles. The van der Waals surface area contributed by atoms with Crippen LogP contribution in [0.5, 0.6) is 0 Å². The number of hydrogen-bond acceptors (Lipinski definition) is 8. The molecule has 14 heteroatoms. The standard InChI is InChI=1S/C36H44N8O6/c45-31(39-25-9-2-16-38-23-25)26-10-3-17-40(26)33(47)28-12-5-19-42(28)35(49)30-14-7-21-44(30)36(50)29-13-6-20-43(29)34(48)27-11-4-18-41(27)32(46)24-8-1-15-37-22-24/h1-2,8-9,15-16,22-23,26-30H,3-7,10-14,17-21H2,(H,39,45)/t26-,27-,28-,29-,30-/m0/s1. The lowest BCUT2D eigenvalue weighted by atomic mass is 10.1. The van der Waals surface area contributed by atoms with Gasteiger partial charge in [-0.3, -0.25) is 38.7 Å². The molecule has 0 unspecified atom stereocenters. The van der Waals surface area contributed by atoms with Crippen molar-refractivity contribution < 1.29 is 28.8 Å². The lowest BCUT2D eigenvalue weighted by molar-refractivity contribution is -0.152. The fraction of sp³-hybridized carbons (Fsp3) is 0.556. The number of anilines is 1. The summed E-state index contributed by atoms with van der Waals surface area (Å²) in [6.45, 7) is 2.13. The summed E-state index contributed by atoms with van der Waals surface area (Å²) in [4.78, 5) is 98.9. The number of pyridine rings is 2. The van der Waals surface area contributed by atoms with E-state index in [-0.39, 0.29) is 35.4 Å². The van der Waals surface area contributed by atoms with Gasteiger partial charge in [0.15, 0.2) is 0 Å². The van der Waals surface area contributed by atoms with Crippen molar-refractivity contribution >= 4 is 41.1 Å². The van der Waals surface area contributed by atoms with Gasteiger partial charge in [0.1, 0.15) is 30.2 Å². The Morgan fingerprint density at radius 3 is 1.36 bits per heavy atom. The van der Waals surface area contributed by atoms with Gasteiger partial charge in [-0.2, -0.15) is 0 Å². The molecule has 5 atom stereocenters. The fourth-order valence-electron chi connectivity index (χ4n) is 8.51. The van der Waals surface area contributed by atoms with Gasteiger partial charge in [0, 0.05) is 51.3 Å². The highest BCUT2D eigenvalue weighted by Gasteiger charge is 2.49. The number of nitrogens with zero attached hydrogens (tertiary/aromatic N) is 7. The average Bonchev–Trinajstić information content (AvgIpc) is 4.00. The number of carbonyl (C=O) groups excluding carboxylic acids is 6. The highest BCUT2D eigenvalue weighted by Crippen LogP contribution is 2.32. The van der Waals surface area contributed by atoms with E-state index in [1.807, 2.05) is 0 Å². The molecule has 50 heavy (non-hydrogen) atoms. The van der Waals surface area contributed by atoms with Crippen LogP contribution in [0.4, 0.5) is 5.69 Å². The Bertz CT molecular complexity index is 1620. The van der Waals surface area contributed by atoms with Gasteiger partial charge >= 0.3 is 0 Å². The predicted octanol–water partition coefficient (Wildman–Crippen LogP) is 1.68. The number of hydrogen-bond donors (Lipinski definition) is 1. The number of amides is 6. The van der Waals surface area contributed by atoms with E-state index in [0.717, 1.165) is 0 Å². The first kappa shape index (κ1) is 33.6. The third-order valence-electron chi connectivity index (χ3n) is 10.9. The van der Waals surface area contributed by atoms with Crippen LogP contribution in [0.2, 0.25) is 0 Å². The molecule has 14 nitrogen and oxygen atoms in total. The fourth-order valence-corrected chi connectivity index (χ4v) is 8.51. The summed E-state index contributed by atoms with van der Waals surface area (Å²) < 4.78 is 0. The SMILES string of the molecule is O=C(Nc1cccnc1)[C@@H]1CCCN1C(=O)[C@@H]1CCCN1C(=O)[C@@H]1CCCN1C(=O)[C@@H]1CCCN1C(=O)[C@@H]1CCCN1C(=O)c1cccnc1. The Morgan fingerprint density at radius 2 is 0.920 bits per heavy atom. The van der Waals surface area contributed by atoms with Crippen LogP contribution in [-0.2, 0) is 24.0 Å². The number of rotatable bonds is 7. The van der Waals surface area contributed by atoms with Crippen LogP contribution in [-0.4, -0.2) is 133 Å². The normalized spacial score (nSPS) is 26.5. The highest BCUT2D eigenvalue weighted by atomic mass is 16.2. The lowest BCUT2D eigenvalue weighted by Gasteiger charge is -2.36. The third-order valence-corrected chi connectivity index (χ3v) is 10.9. The predicted molar refractivity (Wildman–Crippen MR) is 180 cm³/mol. The van der Waals surface area contributed by atoms with E-state index in [0.29, 0.717) is 108 Å².